The maximum Gasteiger partial charge on any atom is 0.146 e. The molecule has 0 aliphatic rings. The summed E-state index contributed by atoms with van der Waals surface area (Å²) < 4.78 is 6.88. The molecular weight excluding hydrogens is 328 g/mol. The molecule has 1 N–H and O–H groups in total. The Morgan fingerprint density at radius 1 is 1.24 bits per heavy atom. The predicted octanol–water partition coefficient (Wildman–Crippen LogP) is 4.69. The van der Waals surface area contributed by atoms with Gasteiger partial charge < -0.3 is 10.1 Å². The van der Waals surface area contributed by atoms with E-state index in [9.17, 15) is 0 Å². The molecule has 21 heavy (non-hydrogen) atoms. The van der Waals surface area contributed by atoms with E-state index in [1.165, 1.54) is 5.56 Å². The zero-order chi connectivity index (χ0) is 15.2. The van der Waals surface area contributed by atoms with Crippen LogP contribution in [0.3, 0.4) is 0 Å². The van der Waals surface area contributed by atoms with Gasteiger partial charge in [-0.25, -0.2) is 0 Å². The highest BCUT2D eigenvalue weighted by atomic mass is 79.9. The van der Waals surface area contributed by atoms with Gasteiger partial charge >= 0.3 is 0 Å². The van der Waals surface area contributed by atoms with E-state index < -0.39 is 0 Å². The zero-order valence-electron chi connectivity index (χ0n) is 12.7. The van der Waals surface area contributed by atoms with E-state index >= 15 is 0 Å². The molecule has 0 fully saturated rings. The minimum absolute atomic E-state index is 0.633. The lowest BCUT2D eigenvalue weighted by atomic mass is 10.1. The third kappa shape index (κ3) is 5.14. The SMILES string of the molecule is Cc1ccc(Oc2cncc(Br)c2)c(CNCC(C)C)c1. The summed E-state index contributed by atoms with van der Waals surface area (Å²) >= 11 is 3.41. The largest absolute Gasteiger partial charge is 0.455 e. The highest BCUT2D eigenvalue weighted by Gasteiger charge is 2.06. The van der Waals surface area contributed by atoms with Crippen LogP contribution < -0.4 is 10.1 Å². The van der Waals surface area contributed by atoms with Crippen molar-refractivity contribution >= 4 is 15.9 Å². The average Bonchev–Trinajstić information content (AvgIpc) is 2.41. The summed E-state index contributed by atoms with van der Waals surface area (Å²) in [5, 5.41) is 3.46. The van der Waals surface area contributed by atoms with Gasteiger partial charge in [-0.1, -0.05) is 31.5 Å². The lowest BCUT2D eigenvalue weighted by Crippen LogP contribution is -2.19. The van der Waals surface area contributed by atoms with E-state index in [1.54, 1.807) is 12.4 Å². The molecule has 3 nitrogen and oxygen atoms in total. The lowest BCUT2D eigenvalue weighted by Gasteiger charge is -2.14. The smallest absolute Gasteiger partial charge is 0.146 e. The number of aromatic nitrogens is 1. The average molecular weight is 349 g/mol. The molecule has 1 heterocycles. The van der Waals surface area contributed by atoms with Crippen LogP contribution in [0.4, 0.5) is 0 Å². The van der Waals surface area contributed by atoms with Crippen molar-refractivity contribution in [3.8, 4) is 11.5 Å². The second kappa shape index (κ2) is 7.57. The van der Waals surface area contributed by atoms with Crippen LogP contribution in [-0.2, 0) is 6.54 Å². The van der Waals surface area contributed by atoms with Crippen LogP contribution >= 0.6 is 15.9 Å². The number of rotatable bonds is 6. The number of pyridine rings is 1. The predicted molar refractivity (Wildman–Crippen MR) is 89.7 cm³/mol. The molecule has 112 valence electrons. The van der Waals surface area contributed by atoms with E-state index in [1.807, 2.05) is 12.1 Å². The summed E-state index contributed by atoms with van der Waals surface area (Å²) in [6.07, 6.45) is 3.46. The van der Waals surface area contributed by atoms with Gasteiger partial charge in [0.25, 0.3) is 0 Å². The highest BCUT2D eigenvalue weighted by molar-refractivity contribution is 9.10. The number of nitrogens with one attached hydrogen (secondary N) is 1. The summed E-state index contributed by atoms with van der Waals surface area (Å²) in [6, 6.07) is 8.15. The van der Waals surface area contributed by atoms with Gasteiger partial charge in [0.1, 0.15) is 11.5 Å². The second-order valence-electron chi connectivity index (χ2n) is 5.58. The van der Waals surface area contributed by atoms with Gasteiger partial charge in [0.15, 0.2) is 0 Å². The molecule has 0 atom stereocenters. The summed E-state index contributed by atoms with van der Waals surface area (Å²) in [5.41, 5.74) is 2.40. The van der Waals surface area contributed by atoms with Crippen LogP contribution in [0.1, 0.15) is 25.0 Å². The topological polar surface area (TPSA) is 34.1 Å². The number of aryl methyl sites for hydroxylation is 1. The molecule has 0 saturated carbocycles. The lowest BCUT2D eigenvalue weighted by molar-refractivity contribution is 0.466. The van der Waals surface area contributed by atoms with E-state index in [0.29, 0.717) is 5.92 Å². The van der Waals surface area contributed by atoms with Crippen molar-refractivity contribution in [1.82, 2.24) is 10.3 Å². The number of ether oxygens (including phenoxy) is 1. The van der Waals surface area contributed by atoms with Crippen molar-refractivity contribution in [2.75, 3.05) is 6.54 Å². The van der Waals surface area contributed by atoms with Gasteiger partial charge in [-0.05, 0) is 47.4 Å². The summed E-state index contributed by atoms with van der Waals surface area (Å²) in [5.74, 6) is 2.24. The second-order valence-corrected chi connectivity index (χ2v) is 6.49. The molecule has 0 radical (unpaired) electrons. The Morgan fingerprint density at radius 2 is 2.05 bits per heavy atom. The molecule has 0 bridgehead atoms. The van der Waals surface area contributed by atoms with Gasteiger partial charge in [-0.3, -0.25) is 4.98 Å². The molecule has 0 unspecified atom stereocenters. The van der Waals surface area contributed by atoms with E-state index in [4.69, 9.17) is 4.74 Å². The molecule has 0 aliphatic heterocycles. The van der Waals surface area contributed by atoms with Gasteiger partial charge in [0.05, 0.1) is 6.20 Å². The highest BCUT2D eigenvalue weighted by Crippen LogP contribution is 2.27. The van der Waals surface area contributed by atoms with E-state index in [0.717, 1.165) is 34.6 Å². The Morgan fingerprint density at radius 3 is 2.76 bits per heavy atom. The fraction of sp³-hybridized carbons (Fsp3) is 0.353. The Bertz CT molecular complexity index is 599. The van der Waals surface area contributed by atoms with E-state index in [-0.39, 0.29) is 0 Å². The molecule has 2 rings (SSSR count). The molecule has 1 aromatic carbocycles. The minimum Gasteiger partial charge on any atom is -0.455 e. The third-order valence-electron chi connectivity index (χ3n) is 2.99. The van der Waals surface area contributed by atoms with Gasteiger partial charge in [0, 0.05) is 22.8 Å². The van der Waals surface area contributed by atoms with Crippen LogP contribution in [0, 0.1) is 12.8 Å². The van der Waals surface area contributed by atoms with Crippen molar-refractivity contribution in [2.24, 2.45) is 5.92 Å². The molecule has 1 aromatic heterocycles. The van der Waals surface area contributed by atoms with Crippen molar-refractivity contribution in [2.45, 2.75) is 27.3 Å². The number of hydrogen-bond donors (Lipinski definition) is 1. The van der Waals surface area contributed by atoms with Crippen molar-refractivity contribution in [3.63, 3.8) is 0 Å². The Labute approximate surface area is 134 Å². The Balaban J connectivity index is 2.14. The number of benzene rings is 1. The molecule has 0 spiro atoms. The van der Waals surface area contributed by atoms with Crippen LogP contribution in [0.25, 0.3) is 0 Å². The number of halogens is 1. The molecule has 4 heteroatoms. The van der Waals surface area contributed by atoms with Crippen LogP contribution in [-0.4, -0.2) is 11.5 Å². The molecule has 0 amide bonds. The van der Waals surface area contributed by atoms with Gasteiger partial charge in [-0.15, -0.1) is 0 Å². The van der Waals surface area contributed by atoms with Crippen molar-refractivity contribution in [1.29, 1.82) is 0 Å². The van der Waals surface area contributed by atoms with Gasteiger partial charge in [-0.2, -0.15) is 0 Å². The first-order valence-corrected chi connectivity index (χ1v) is 7.92. The number of hydrogen-bond acceptors (Lipinski definition) is 3. The summed E-state index contributed by atoms with van der Waals surface area (Å²) in [4.78, 5) is 4.13. The first-order valence-electron chi connectivity index (χ1n) is 7.13. The maximum atomic E-state index is 5.97. The number of nitrogens with zero attached hydrogens (tertiary/aromatic N) is 1. The molecular formula is C17H21BrN2O. The van der Waals surface area contributed by atoms with Crippen LogP contribution in [0.2, 0.25) is 0 Å². The summed E-state index contributed by atoms with van der Waals surface area (Å²) in [7, 11) is 0. The normalized spacial score (nSPS) is 10.9. The fourth-order valence-electron chi connectivity index (χ4n) is 2.02. The van der Waals surface area contributed by atoms with Crippen LogP contribution in [0.15, 0.2) is 41.1 Å². The monoisotopic (exact) mass is 348 g/mol. The maximum absolute atomic E-state index is 5.97. The van der Waals surface area contributed by atoms with E-state index in [2.05, 4.69) is 59.1 Å². The Kier molecular flexibility index (Phi) is 5.76. The molecule has 0 saturated heterocycles. The zero-order valence-corrected chi connectivity index (χ0v) is 14.3. The fourth-order valence-corrected chi connectivity index (χ4v) is 2.36. The van der Waals surface area contributed by atoms with Crippen molar-refractivity contribution in [3.05, 3.63) is 52.3 Å². The van der Waals surface area contributed by atoms with Crippen molar-refractivity contribution < 1.29 is 4.74 Å². The quantitative estimate of drug-likeness (QED) is 0.822. The third-order valence-corrected chi connectivity index (χ3v) is 3.43. The molecule has 2 aromatic rings. The van der Waals surface area contributed by atoms with Gasteiger partial charge in [0.2, 0.25) is 0 Å². The minimum atomic E-state index is 0.633. The Hall–Kier alpha value is -1.39. The molecule has 0 aliphatic carbocycles. The first kappa shape index (κ1) is 16.0. The van der Waals surface area contributed by atoms with Crippen LogP contribution in [0.5, 0.6) is 11.5 Å². The standard InChI is InChI=1S/C17H21BrN2O/c1-12(2)8-19-9-14-6-13(3)4-5-17(14)21-16-7-15(18)10-20-11-16/h4-7,10-12,19H,8-9H2,1-3H3. The first-order chi connectivity index (χ1) is 10.0. The summed E-state index contributed by atoms with van der Waals surface area (Å²) in [6.45, 7) is 8.29.